The summed E-state index contributed by atoms with van der Waals surface area (Å²) in [5, 5.41) is 17.4. The Bertz CT molecular complexity index is 1140. The topological polar surface area (TPSA) is 73.7 Å². The van der Waals surface area contributed by atoms with Crippen LogP contribution in [0.15, 0.2) is 53.5 Å². The second kappa shape index (κ2) is 11.5. The number of hydrogen-bond acceptors (Lipinski definition) is 4. The first-order valence-corrected chi connectivity index (χ1v) is 13.8. The Kier molecular flexibility index (Phi) is 8.07. The van der Waals surface area contributed by atoms with Crippen LogP contribution in [0.5, 0.6) is 0 Å². The molecule has 3 aliphatic rings. The highest BCUT2D eigenvalue weighted by Gasteiger charge is 2.35. The summed E-state index contributed by atoms with van der Waals surface area (Å²) >= 11 is 0. The van der Waals surface area contributed by atoms with Gasteiger partial charge in [-0.25, -0.2) is 0 Å². The monoisotopic (exact) mass is 527 g/mol. The SMILES string of the molecule is O=C(NC1CNc2ccccc2C(c2ccc(C(F)(F)F)cc2)=N1)C(CC1CC1)C(O)CCC1CCCC1. The maximum absolute atomic E-state index is 13.5. The van der Waals surface area contributed by atoms with Crippen molar-refractivity contribution in [2.45, 2.75) is 76.2 Å². The van der Waals surface area contributed by atoms with Crippen LogP contribution >= 0.6 is 0 Å². The zero-order valence-corrected chi connectivity index (χ0v) is 21.5. The van der Waals surface area contributed by atoms with E-state index in [-0.39, 0.29) is 5.91 Å². The molecule has 2 saturated carbocycles. The van der Waals surface area contributed by atoms with Crippen molar-refractivity contribution in [3.8, 4) is 0 Å². The van der Waals surface area contributed by atoms with Crippen LogP contribution in [0.4, 0.5) is 18.9 Å². The number of fused-ring (bicyclic) bond motifs is 1. The standard InChI is InChI=1S/C30H36F3N3O2/c31-30(32,33)22-14-12-21(13-15-22)28-23-7-3-4-8-25(23)34-18-27(35-28)36-29(38)24(17-20-9-10-20)26(37)16-11-19-5-1-2-6-19/h3-4,7-8,12-15,19-20,24,26-27,34,37H,1-2,5-6,9-11,16-18H2,(H,36,38). The third-order valence-electron chi connectivity index (χ3n) is 8.18. The number of alkyl halides is 3. The first-order valence-electron chi connectivity index (χ1n) is 13.8. The molecule has 0 bridgehead atoms. The maximum Gasteiger partial charge on any atom is 0.416 e. The molecule has 2 aliphatic carbocycles. The summed E-state index contributed by atoms with van der Waals surface area (Å²) in [4.78, 5) is 18.3. The van der Waals surface area contributed by atoms with Crippen molar-refractivity contribution in [2.75, 3.05) is 11.9 Å². The van der Waals surface area contributed by atoms with Crippen LogP contribution in [0.1, 0.15) is 74.5 Å². The smallest absolute Gasteiger partial charge is 0.392 e. The lowest BCUT2D eigenvalue weighted by molar-refractivity contribution is -0.137. The number of para-hydroxylation sites is 1. The fraction of sp³-hybridized carbons (Fsp3) is 0.533. The van der Waals surface area contributed by atoms with Gasteiger partial charge in [0.05, 0.1) is 29.8 Å². The number of anilines is 1. The van der Waals surface area contributed by atoms with Crippen molar-refractivity contribution in [3.63, 3.8) is 0 Å². The van der Waals surface area contributed by atoms with E-state index < -0.39 is 29.9 Å². The van der Waals surface area contributed by atoms with Gasteiger partial charge in [-0.05, 0) is 49.3 Å². The Morgan fingerprint density at radius 3 is 2.42 bits per heavy atom. The van der Waals surface area contributed by atoms with E-state index in [1.165, 1.54) is 37.8 Å². The Hall–Kier alpha value is -2.87. The number of amides is 1. The molecule has 0 aromatic heterocycles. The molecule has 2 aromatic rings. The fourth-order valence-electron chi connectivity index (χ4n) is 5.78. The second-order valence-corrected chi connectivity index (χ2v) is 11.1. The molecule has 5 nitrogen and oxygen atoms in total. The molecule has 1 amide bonds. The molecule has 38 heavy (non-hydrogen) atoms. The summed E-state index contributed by atoms with van der Waals surface area (Å²) in [5.74, 6) is 0.438. The molecule has 3 unspecified atom stereocenters. The third kappa shape index (κ3) is 6.57. The molecule has 2 fully saturated rings. The summed E-state index contributed by atoms with van der Waals surface area (Å²) in [6.07, 6.45) is 3.63. The maximum atomic E-state index is 13.5. The van der Waals surface area contributed by atoms with Crippen LogP contribution in [0.2, 0.25) is 0 Å². The van der Waals surface area contributed by atoms with Crippen molar-refractivity contribution in [2.24, 2.45) is 22.7 Å². The lowest BCUT2D eigenvalue weighted by atomic mass is 9.89. The number of carbonyl (C=O) groups excluding carboxylic acids is 1. The number of halogens is 3. The average molecular weight is 528 g/mol. The van der Waals surface area contributed by atoms with Gasteiger partial charge in [0.15, 0.2) is 0 Å². The number of nitrogens with one attached hydrogen (secondary N) is 2. The molecule has 1 aliphatic heterocycles. The molecule has 1 heterocycles. The highest BCUT2D eigenvalue weighted by atomic mass is 19.4. The van der Waals surface area contributed by atoms with Gasteiger partial charge in [-0.3, -0.25) is 9.79 Å². The van der Waals surface area contributed by atoms with E-state index in [1.807, 2.05) is 24.3 Å². The zero-order chi connectivity index (χ0) is 26.7. The van der Waals surface area contributed by atoms with Gasteiger partial charge in [-0.15, -0.1) is 0 Å². The minimum Gasteiger partial charge on any atom is -0.392 e. The largest absolute Gasteiger partial charge is 0.416 e. The van der Waals surface area contributed by atoms with Crippen LogP contribution < -0.4 is 10.6 Å². The average Bonchev–Trinajstić information content (AvgIpc) is 3.62. The minimum atomic E-state index is -4.42. The first-order chi connectivity index (χ1) is 18.3. The number of hydrogen-bond donors (Lipinski definition) is 3. The summed E-state index contributed by atoms with van der Waals surface area (Å²) in [6.45, 7) is 0.335. The number of carbonyl (C=O) groups is 1. The number of benzodiazepines with no additional fused rings is 1. The van der Waals surface area contributed by atoms with E-state index in [0.29, 0.717) is 42.5 Å². The Balaban J connectivity index is 1.35. The molecule has 3 N–H and O–H groups in total. The highest BCUT2D eigenvalue weighted by molar-refractivity contribution is 6.16. The van der Waals surface area contributed by atoms with E-state index in [1.54, 1.807) is 0 Å². The Morgan fingerprint density at radius 2 is 1.74 bits per heavy atom. The van der Waals surface area contributed by atoms with Gasteiger partial charge in [-0.1, -0.05) is 68.9 Å². The second-order valence-electron chi connectivity index (χ2n) is 11.1. The van der Waals surface area contributed by atoms with Crippen LogP contribution in [-0.4, -0.2) is 35.5 Å². The normalized spacial score (nSPS) is 21.6. The van der Waals surface area contributed by atoms with E-state index in [4.69, 9.17) is 4.99 Å². The van der Waals surface area contributed by atoms with Gasteiger partial charge < -0.3 is 15.7 Å². The minimum absolute atomic E-state index is 0.205. The van der Waals surface area contributed by atoms with Crippen molar-refractivity contribution < 1.29 is 23.1 Å². The fourth-order valence-corrected chi connectivity index (χ4v) is 5.78. The Labute approximate surface area is 221 Å². The third-order valence-corrected chi connectivity index (χ3v) is 8.18. The number of aliphatic hydroxyl groups excluding tert-OH is 1. The van der Waals surface area contributed by atoms with Crippen molar-refractivity contribution >= 4 is 17.3 Å². The number of benzene rings is 2. The predicted molar refractivity (Wildman–Crippen MR) is 142 cm³/mol. The molecule has 204 valence electrons. The lowest BCUT2D eigenvalue weighted by Crippen LogP contribution is -2.45. The van der Waals surface area contributed by atoms with E-state index in [0.717, 1.165) is 42.6 Å². The predicted octanol–water partition coefficient (Wildman–Crippen LogP) is 6.16. The number of rotatable bonds is 9. The molecule has 2 aromatic carbocycles. The van der Waals surface area contributed by atoms with E-state index in [9.17, 15) is 23.1 Å². The van der Waals surface area contributed by atoms with Gasteiger partial charge in [0.25, 0.3) is 0 Å². The summed E-state index contributed by atoms with van der Waals surface area (Å²) < 4.78 is 39.4. The first kappa shape index (κ1) is 26.7. The van der Waals surface area contributed by atoms with Gasteiger partial charge in [0, 0.05) is 16.8 Å². The van der Waals surface area contributed by atoms with Gasteiger partial charge in [0.1, 0.15) is 6.17 Å². The molecular formula is C30H36F3N3O2. The molecule has 0 spiro atoms. The molecule has 0 saturated heterocycles. The van der Waals surface area contributed by atoms with E-state index in [2.05, 4.69) is 10.6 Å². The molecule has 8 heteroatoms. The quantitative estimate of drug-likeness (QED) is 0.366. The van der Waals surface area contributed by atoms with Crippen LogP contribution in [0.3, 0.4) is 0 Å². The molecular weight excluding hydrogens is 491 g/mol. The molecule has 0 radical (unpaired) electrons. The summed E-state index contributed by atoms with van der Waals surface area (Å²) in [7, 11) is 0. The zero-order valence-electron chi connectivity index (χ0n) is 21.5. The van der Waals surface area contributed by atoms with Crippen LogP contribution in [-0.2, 0) is 11.0 Å². The summed E-state index contributed by atoms with van der Waals surface area (Å²) in [6, 6.07) is 12.4. The lowest BCUT2D eigenvalue weighted by Gasteiger charge is -2.25. The van der Waals surface area contributed by atoms with Gasteiger partial charge in [-0.2, -0.15) is 13.2 Å². The highest BCUT2D eigenvalue weighted by Crippen LogP contribution is 2.38. The number of aliphatic imine (C=N–C) groups is 1. The number of aliphatic hydroxyl groups is 1. The number of nitrogens with zero attached hydrogens (tertiary/aromatic N) is 1. The summed E-state index contributed by atoms with van der Waals surface area (Å²) in [5.41, 5.74) is 1.90. The van der Waals surface area contributed by atoms with E-state index >= 15 is 0 Å². The van der Waals surface area contributed by atoms with Crippen LogP contribution in [0, 0.1) is 17.8 Å². The van der Waals surface area contributed by atoms with Gasteiger partial charge >= 0.3 is 6.18 Å². The van der Waals surface area contributed by atoms with Crippen LogP contribution in [0.25, 0.3) is 0 Å². The van der Waals surface area contributed by atoms with Crippen molar-refractivity contribution in [3.05, 3.63) is 65.2 Å². The van der Waals surface area contributed by atoms with Crippen molar-refractivity contribution in [1.82, 2.24) is 5.32 Å². The van der Waals surface area contributed by atoms with Crippen molar-refractivity contribution in [1.29, 1.82) is 0 Å². The Morgan fingerprint density at radius 1 is 1.03 bits per heavy atom. The molecule has 5 rings (SSSR count). The van der Waals surface area contributed by atoms with Gasteiger partial charge in [0.2, 0.25) is 5.91 Å². The molecule has 3 atom stereocenters.